The van der Waals surface area contributed by atoms with Crippen molar-refractivity contribution in [3.05, 3.63) is 71.8 Å². The molecule has 0 unspecified atom stereocenters. The predicted octanol–water partition coefficient (Wildman–Crippen LogP) is -2.93. The Morgan fingerprint density at radius 1 is 0.424 bits per heavy atom. The number of hydrogen-bond donors (Lipinski definition) is 18. The number of unbranched alkanes of at least 4 members (excludes halogenated alkanes) is 1. The molecule has 0 aliphatic rings. The zero-order valence-corrected chi connectivity index (χ0v) is 58.1. The second-order valence-electron chi connectivity index (χ2n) is 25.0. The highest BCUT2D eigenvalue weighted by Crippen LogP contribution is 2.14. The van der Waals surface area contributed by atoms with Gasteiger partial charge in [-0.3, -0.25) is 67.1 Å². The second kappa shape index (κ2) is 43.9. The van der Waals surface area contributed by atoms with Crippen LogP contribution in [0, 0.1) is 17.8 Å². The van der Waals surface area contributed by atoms with Gasteiger partial charge in [-0.15, -0.1) is 0 Å². The van der Waals surface area contributed by atoms with Crippen LogP contribution in [0.25, 0.3) is 0 Å². The van der Waals surface area contributed by atoms with Crippen molar-refractivity contribution in [2.75, 3.05) is 18.6 Å². The molecule has 0 aliphatic carbocycles. The third-order valence-electron chi connectivity index (χ3n) is 15.4. The van der Waals surface area contributed by atoms with Gasteiger partial charge in [-0.1, -0.05) is 102 Å². The van der Waals surface area contributed by atoms with E-state index in [4.69, 9.17) is 17.2 Å². The smallest absolute Gasteiger partial charge is 0.326 e. The number of aliphatic hydroxyl groups is 1. The van der Waals surface area contributed by atoms with Crippen molar-refractivity contribution in [1.29, 1.82) is 0 Å². The molecule has 0 saturated heterocycles. The Balaban J connectivity index is 2.47. The van der Waals surface area contributed by atoms with Gasteiger partial charge < -0.3 is 96.1 Å². The molecule has 2 aromatic carbocycles. The fourth-order valence-corrected chi connectivity index (χ4v) is 10.3. The number of carboxylic acids is 3. The molecule has 0 heterocycles. The number of benzene rings is 2. The lowest BCUT2D eigenvalue weighted by atomic mass is 9.99. The molecule has 0 saturated carbocycles. The van der Waals surface area contributed by atoms with Gasteiger partial charge in [-0.05, 0) is 99.8 Å². The summed E-state index contributed by atoms with van der Waals surface area (Å²) in [4.78, 5) is 202. The Morgan fingerprint density at radius 3 is 1.21 bits per heavy atom. The molecular formula is C65H100N14O19S. The highest BCUT2D eigenvalue weighted by atomic mass is 32.2. The van der Waals surface area contributed by atoms with Crippen LogP contribution in [0.5, 0.6) is 0 Å². The fourth-order valence-electron chi connectivity index (χ4n) is 9.83. The van der Waals surface area contributed by atoms with Crippen LogP contribution in [0.15, 0.2) is 60.7 Å². The van der Waals surface area contributed by atoms with Gasteiger partial charge in [-0.25, -0.2) is 4.79 Å². The van der Waals surface area contributed by atoms with Crippen LogP contribution in [-0.4, -0.2) is 206 Å². The zero-order valence-electron chi connectivity index (χ0n) is 57.3. The minimum atomic E-state index is -1.90. The molecule has 0 aromatic heterocycles. The molecule has 0 radical (unpaired) electrons. The first-order valence-corrected chi connectivity index (χ1v) is 33.9. The molecule has 34 heteroatoms. The molecule has 2 aromatic rings. The maximum atomic E-state index is 14.5. The summed E-state index contributed by atoms with van der Waals surface area (Å²) in [5, 5.41) is 66.0. The average molecular weight is 1410 g/mol. The van der Waals surface area contributed by atoms with Gasteiger partial charge in [-0.2, -0.15) is 11.8 Å². The van der Waals surface area contributed by atoms with E-state index >= 15 is 0 Å². The Kier molecular flexibility index (Phi) is 38.0. The van der Waals surface area contributed by atoms with Gasteiger partial charge in [0, 0.05) is 19.3 Å². The fraction of sp³-hybridized carbons (Fsp3) is 0.585. The van der Waals surface area contributed by atoms with Crippen molar-refractivity contribution in [3.8, 4) is 0 Å². The molecule has 99 heavy (non-hydrogen) atoms. The summed E-state index contributed by atoms with van der Waals surface area (Å²) >= 11 is 1.29. The number of rotatable bonds is 46. The Labute approximate surface area is 579 Å². The highest BCUT2D eigenvalue weighted by Gasteiger charge is 2.38. The molecule has 21 N–H and O–H groups in total. The number of aliphatic hydroxyl groups excluding tert-OH is 1. The van der Waals surface area contributed by atoms with Gasteiger partial charge in [0.15, 0.2) is 0 Å². The number of amides is 12. The van der Waals surface area contributed by atoms with Crippen molar-refractivity contribution in [3.63, 3.8) is 0 Å². The molecule has 550 valence electrons. The normalized spacial score (nSPS) is 15.1. The van der Waals surface area contributed by atoms with Crippen molar-refractivity contribution >= 4 is 101 Å². The standard InChI is InChI=1S/C65H100N14O19S/c1-33(2)51(62(94)69-37(8)54(86)73-44(29-38-18-12-10-13-19-38)60(92)79-53(35(5)6)64(96)76-47(32-50(84)85)59(91)72-43(65(97)98)22-16-17-26-66)78-61(93)45(30-39-20-14-11-15-21-39)74-58(90)46(31-48(68)81)75-56(88)41(23-24-49(82)83)70-57(89)42(25-27-99-9)71-63(95)52(34(3)4)77-55(87)40(67)28-36(7)80/h10-15,18-21,33-37,40-47,51-53,80H,16-17,22-32,66-67H2,1-9H3,(H2,68,81)(H,69,94)(H,70,89)(H,71,95)(H,72,91)(H,73,86)(H,74,90)(H,75,88)(H,76,96)(H,77,87)(H,78,93)(H,79,92)(H,82,83)(H,84,85)(H,97,98)/t36-,37+,40+,41+,42+,43+,44+,45+,46+,47+,51+,52+,53+/m1/s1. The number of carbonyl (C=O) groups excluding carboxylic acids is 12. The number of hydrogen-bond acceptors (Lipinski definition) is 19. The third kappa shape index (κ3) is 31.9. The molecule has 2 rings (SSSR count). The zero-order chi connectivity index (χ0) is 74.8. The largest absolute Gasteiger partial charge is 0.481 e. The molecule has 13 atom stereocenters. The summed E-state index contributed by atoms with van der Waals surface area (Å²) in [6.45, 7) is 12.3. The van der Waals surface area contributed by atoms with E-state index < -0.39 is 211 Å². The SMILES string of the molecule is CSCC[C@H](NC(=O)[C@@H](NC(=O)[C@@H](N)C[C@@H](C)O)C(C)C)C(=O)N[C@@H](CCC(=O)O)C(=O)N[C@@H](CC(N)=O)C(=O)N[C@@H](Cc1ccccc1)C(=O)N[C@H](C(=O)N[C@@H](C)C(=O)N[C@@H](Cc1ccccc1)C(=O)N[C@H](C(=O)N[C@@H](CC(=O)O)C(=O)N[C@@H](CCCCN)C(=O)O)C(C)C)C(C)C. The van der Waals surface area contributed by atoms with Gasteiger partial charge in [0.05, 0.1) is 25.0 Å². The number of nitrogens with two attached hydrogens (primary N) is 3. The lowest BCUT2D eigenvalue weighted by molar-refractivity contribution is -0.144. The molecule has 0 bridgehead atoms. The van der Waals surface area contributed by atoms with E-state index in [2.05, 4.69) is 58.5 Å². The van der Waals surface area contributed by atoms with Crippen LogP contribution >= 0.6 is 11.8 Å². The molecule has 0 aliphatic heterocycles. The van der Waals surface area contributed by atoms with Crippen LogP contribution in [0.3, 0.4) is 0 Å². The van der Waals surface area contributed by atoms with Crippen molar-refractivity contribution in [2.45, 2.75) is 205 Å². The third-order valence-corrected chi connectivity index (χ3v) is 16.0. The van der Waals surface area contributed by atoms with E-state index in [1.807, 2.05) is 0 Å². The molecule has 0 fully saturated rings. The van der Waals surface area contributed by atoms with Gasteiger partial charge in [0.1, 0.15) is 66.5 Å². The summed E-state index contributed by atoms with van der Waals surface area (Å²) in [7, 11) is 0. The van der Waals surface area contributed by atoms with E-state index in [1.54, 1.807) is 94.6 Å². The van der Waals surface area contributed by atoms with E-state index in [0.29, 0.717) is 24.0 Å². The summed E-state index contributed by atoms with van der Waals surface area (Å²) in [5.74, 6) is -18.1. The quantitative estimate of drug-likeness (QED) is 0.0295. The topological polar surface area (TPSA) is 547 Å². The van der Waals surface area contributed by atoms with Crippen LogP contribution in [0.4, 0.5) is 0 Å². The van der Waals surface area contributed by atoms with Crippen molar-refractivity contribution < 1.29 is 92.3 Å². The summed E-state index contributed by atoms with van der Waals surface area (Å²) in [6, 6.07) is -1.74. The van der Waals surface area contributed by atoms with E-state index in [0.717, 1.165) is 0 Å². The maximum Gasteiger partial charge on any atom is 0.326 e. The summed E-state index contributed by atoms with van der Waals surface area (Å²) in [6.07, 6.45) is -2.33. The number of carboxylic acid groups (broad SMARTS) is 3. The number of nitrogens with one attached hydrogen (secondary N) is 11. The van der Waals surface area contributed by atoms with Crippen LogP contribution in [0.1, 0.15) is 124 Å². The predicted molar refractivity (Wildman–Crippen MR) is 362 cm³/mol. The van der Waals surface area contributed by atoms with E-state index in [-0.39, 0.29) is 44.4 Å². The summed E-state index contributed by atoms with van der Waals surface area (Å²) < 4.78 is 0. The van der Waals surface area contributed by atoms with Crippen LogP contribution < -0.4 is 75.7 Å². The number of carbonyl (C=O) groups is 15. The first-order valence-electron chi connectivity index (χ1n) is 32.5. The van der Waals surface area contributed by atoms with E-state index in [9.17, 15) is 92.3 Å². The average Bonchev–Trinajstić information content (AvgIpc) is 0.869. The number of aliphatic carboxylic acids is 3. The highest BCUT2D eigenvalue weighted by molar-refractivity contribution is 7.98. The van der Waals surface area contributed by atoms with Crippen LogP contribution in [-0.2, 0) is 84.8 Å². The van der Waals surface area contributed by atoms with Crippen LogP contribution in [0.2, 0.25) is 0 Å². The molecule has 12 amide bonds. The lowest BCUT2D eigenvalue weighted by Gasteiger charge is -2.29. The maximum absolute atomic E-state index is 14.5. The van der Waals surface area contributed by atoms with Gasteiger partial charge in [0.25, 0.3) is 0 Å². The number of thioether (sulfide) groups is 1. The first-order chi connectivity index (χ1) is 46.5. The molecular weight excluding hydrogens is 1310 g/mol. The van der Waals surface area contributed by atoms with Crippen molar-refractivity contribution in [2.24, 2.45) is 35.0 Å². The van der Waals surface area contributed by atoms with E-state index in [1.165, 1.54) is 39.5 Å². The first kappa shape index (κ1) is 85.8. The Morgan fingerprint density at radius 2 is 0.798 bits per heavy atom. The van der Waals surface area contributed by atoms with Gasteiger partial charge in [0.2, 0.25) is 70.9 Å². The second-order valence-corrected chi connectivity index (χ2v) is 26.0. The number of primary amides is 1. The van der Waals surface area contributed by atoms with Gasteiger partial charge >= 0.3 is 17.9 Å². The Bertz CT molecular complexity index is 3070. The minimum Gasteiger partial charge on any atom is -0.481 e. The Hall–Kier alpha value is -9.28. The molecule has 33 nitrogen and oxygen atoms in total. The minimum absolute atomic E-state index is 0.0374. The summed E-state index contributed by atoms with van der Waals surface area (Å²) in [5.41, 5.74) is 18.0. The monoisotopic (exact) mass is 1410 g/mol. The molecule has 0 spiro atoms. The van der Waals surface area contributed by atoms with Crippen molar-refractivity contribution in [1.82, 2.24) is 58.5 Å². The lowest BCUT2D eigenvalue weighted by Crippen LogP contribution is -2.62.